The van der Waals surface area contributed by atoms with Crippen molar-refractivity contribution in [2.24, 2.45) is 22.7 Å². The number of benzene rings is 1. The Labute approximate surface area is 173 Å². The monoisotopic (exact) mass is 420 g/mol. The Morgan fingerprint density at radius 3 is 2.66 bits per heavy atom. The molecule has 3 fully saturated rings. The molecule has 29 heavy (non-hydrogen) atoms. The Hall–Kier alpha value is -1.44. The molecule has 0 radical (unpaired) electrons. The number of sulfonamides is 1. The number of ether oxygens (including phenoxy) is 1. The summed E-state index contributed by atoms with van der Waals surface area (Å²) < 4.78 is 33.8. The van der Waals surface area contributed by atoms with Crippen LogP contribution in [0.4, 0.5) is 0 Å². The van der Waals surface area contributed by atoms with Gasteiger partial charge in [-0.2, -0.15) is 0 Å². The second-order valence-corrected chi connectivity index (χ2v) is 11.4. The molecular weight excluding hydrogens is 388 g/mol. The van der Waals surface area contributed by atoms with E-state index in [1.54, 1.807) is 37.3 Å². The van der Waals surface area contributed by atoms with E-state index >= 15 is 0 Å². The van der Waals surface area contributed by atoms with E-state index in [-0.39, 0.29) is 33.8 Å². The van der Waals surface area contributed by atoms with Gasteiger partial charge in [0.2, 0.25) is 15.9 Å². The molecule has 1 saturated heterocycles. The smallest absolute Gasteiger partial charge is 0.240 e. The van der Waals surface area contributed by atoms with Crippen LogP contribution in [0.25, 0.3) is 0 Å². The number of carbonyl (C=O) groups excluding carboxylic acids is 1. The summed E-state index contributed by atoms with van der Waals surface area (Å²) in [5, 5.41) is 3.27. The van der Waals surface area contributed by atoms with Crippen molar-refractivity contribution in [3.8, 4) is 0 Å². The second-order valence-electron chi connectivity index (χ2n) is 9.59. The molecule has 1 unspecified atom stereocenters. The van der Waals surface area contributed by atoms with Gasteiger partial charge in [0.1, 0.15) is 0 Å². The zero-order chi connectivity index (χ0) is 20.9. The van der Waals surface area contributed by atoms with E-state index in [4.69, 9.17) is 4.74 Å². The summed E-state index contributed by atoms with van der Waals surface area (Å²) in [6, 6.07) is 8.61. The SMILES string of the molecule is CC(=O)N[C@@H]1C(C)(C)[C@@H]2C[C@@H]3[C@@H](CCNS(=O)(=O)c4ccccc4)OCCC31C2. The van der Waals surface area contributed by atoms with Gasteiger partial charge in [0.05, 0.1) is 11.0 Å². The summed E-state index contributed by atoms with van der Waals surface area (Å²) in [6.07, 6.45) is 3.87. The Kier molecular flexibility index (Phi) is 5.28. The molecule has 2 saturated carbocycles. The molecule has 2 aliphatic carbocycles. The van der Waals surface area contributed by atoms with Crippen LogP contribution in [0, 0.1) is 22.7 Å². The highest BCUT2D eigenvalue weighted by molar-refractivity contribution is 7.89. The maximum Gasteiger partial charge on any atom is 0.240 e. The normalized spacial score (nSPS) is 35.3. The van der Waals surface area contributed by atoms with Crippen molar-refractivity contribution in [1.29, 1.82) is 0 Å². The van der Waals surface area contributed by atoms with Crippen LogP contribution in [-0.2, 0) is 19.6 Å². The molecule has 6 nitrogen and oxygen atoms in total. The first kappa shape index (κ1) is 20.8. The topological polar surface area (TPSA) is 84.5 Å². The molecule has 1 aromatic carbocycles. The van der Waals surface area contributed by atoms with E-state index < -0.39 is 10.0 Å². The second kappa shape index (κ2) is 7.36. The molecular formula is C22H32N2O4S. The lowest BCUT2D eigenvalue weighted by molar-refractivity contribution is -0.135. The molecule has 1 aliphatic heterocycles. The average Bonchev–Trinajstić information content (AvgIpc) is 3.16. The van der Waals surface area contributed by atoms with E-state index in [0.29, 0.717) is 31.4 Å². The predicted molar refractivity (Wildman–Crippen MR) is 111 cm³/mol. The molecule has 1 amide bonds. The minimum absolute atomic E-state index is 0.0274. The Bertz CT molecular complexity index is 870. The summed E-state index contributed by atoms with van der Waals surface area (Å²) in [5.74, 6) is 0.962. The largest absolute Gasteiger partial charge is 0.378 e. The highest BCUT2D eigenvalue weighted by Crippen LogP contribution is 2.68. The summed E-state index contributed by atoms with van der Waals surface area (Å²) in [7, 11) is -3.50. The number of hydrogen-bond acceptors (Lipinski definition) is 4. The van der Waals surface area contributed by atoms with Crippen LogP contribution in [0.1, 0.15) is 46.5 Å². The summed E-state index contributed by atoms with van der Waals surface area (Å²) in [6.45, 7) is 7.19. The van der Waals surface area contributed by atoms with Crippen LogP contribution in [0.15, 0.2) is 35.2 Å². The molecule has 3 aliphatic rings. The number of carbonyl (C=O) groups is 1. The first-order valence-corrected chi connectivity index (χ1v) is 12.1. The van der Waals surface area contributed by atoms with Crippen LogP contribution in [0.2, 0.25) is 0 Å². The Morgan fingerprint density at radius 2 is 1.97 bits per heavy atom. The lowest BCUT2D eigenvalue weighted by Gasteiger charge is -2.53. The van der Waals surface area contributed by atoms with E-state index in [0.717, 1.165) is 19.3 Å². The fourth-order valence-corrected chi connectivity index (χ4v) is 7.48. The zero-order valence-electron chi connectivity index (χ0n) is 17.5. The van der Waals surface area contributed by atoms with Crippen molar-refractivity contribution in [2.75, 3.05) is 13.2 Å². The molecule has 5 atom stereocenters. The van der Waals surface area contributed by atoms with Gasteiger partial charge in [0.25, 0.3) is 0 Å². The van der Waals surface area contributed by atoms with Crippen LogP contribution >= 0.6 is 0 Å². The molecule has 1 aromatic rings. The van der Waals surface area contributed by atoms with Gasteiger partial charge >= 0.3 is 0 Å². The average molecular weight is 421 g/mol. The van der Waals surface area contributed by atoms with Crippen molar-refractivity contribution in [1.82, 2.24) is 10.0 Å². The van der Waals surface area contributed by atoms with Crippen LogP contribution in [0.5, 0.6) is 0 Å². The fraction of sp³-hybridized carbons (Fsp3) is 0.682. The van der Waals surface area contributed by atoms with Gasteiger partial charge in [-0.05, 0) is 60.5 Å². The summed E-state index contributed by atoms with van der Waals surface area (Å²) >= 11 is 0. The first-order valence-electron chi connectivity index (χ1n) is 10.6. The third-order valence-corrected chi connectivity index (χ3v) is 9.22. The number of hydrogen-bond donors (Lipinski definition) is 2. The van der Waals surface area contributed by atoms with Gasteiger partial charge in [-0.3, -0.25) is 4.79 Å². The highest BCUT2D eigenvalue weighted by Gasteiger charge is 2.68. The standard InChI is InChI=1S/C22H32N2O4S/c1-15(25)24-20-21(2,3)16-13-18-19(28-12-10-22(18,20)14-16)9-11-23-29(26,27)17-7-5-4-6-8-17/h4-8,16,18-20,23H,9-14H2,1-3H3,(H,24,25)/t16-,18-,19-,20-,22?/m1/s1. The zero-order valence-corrected chi connectivity index (χ0v) is 18.3. The quantitative estimate of drug-likeness (QED) is 0.741. The van der Waals surface area contributed by atoms with Gasteiger partial charge < -0.3 is 10.1 Å². The molecule has 160 valence electrons. The molecule has 1 spiro atoms. The minimum Gasteiger partial charge on any atom is -0.378 e. The number of nitrogens with one attached hydrogen (secondary N) is 2. The third kappa shape index (κ3) is 3.51. The van der Waals surface area contributed by atoms with Crippen LogP contribution < -0.4 is 10.0 Å². The Balaban J connectivity index is 1.45. The molecule has 2 bridgehead atoms. The van der Waals surface area contributed by atoms with Crippen LogP contribution in [-0.4, -0.2) is 39.6 Å². The summed E-state index contributed by atoms with van der Waals surface area (Å²) in [5.41, 5.74) is 0.153. The van der Waals surface area contributed by atoms with E-state index in [2.05, 4.69) is 23.9 Å². The number of amides is 1. The Morgan fingerprint density at radius 1 is 1.24 bits per heavy atom. The molecule has 0 aromatic heterocycles. The minimum atomic E-state index is -3.50. The molecule has 1 heterocycles. The number of fused-ring (bicyclic) bond motifs is 1. The third-order valence-electron chi connectivity index (χ3n) is 7.74. The maximum absolute atomic E-state index is 12.5. The van der Waals surface area contributed by atoms with Crippen molar-refractivity contribution < 1.29 is 17.9 Å². The van der Waals surface area contributed by atoms with Gasteiger partial charge in [-0.1, -0.05) is 32.0 Å². The highest BCUT2D eigenvalue weighted by atomic mass is 32.2. The van der Waals surface area contributed by atoms with Crippen molar-refractivity contribution in [3.63, 3.8) is 0 Å². The number of rotatable bonds is 6. The van der Waals surface area contributed by atoms with Crippen molar-refractivity contribution >= 4 is 15.9 Å². The molecule has 2 N–H and O–H groups in total. The molecule has 7 heteroatoms. The van der Waals surface area contributed by atoms with Crippen molar-refractivity contribution in [2.45, 2.75) is 63.5 Å². The van der Waals surface area contributed by atoms with E-state index in [9.17, 15) is 13.2 Å². The van der Waals surface area contributed by atoms with Gasteiger partial charge in [-0.25, -0.2) is 13.1 Å². The van der Waals surface area contributed by atoms with E-state index in [1.165, 1.54) is 0 Å². The lowest BCUT2D eigenvalue weighted by atomic mass is 9.59. The molecule has 4 rings (SSSR count). The summed E-state index contributed by atoms with van der Waals surface area (Å²) in [4.78, 5) is 12.2. The van der Waals surface area contributed by atoms with Crippen LogP contribution in [0.3, 0.4) is 0 Å². The first-order chi connectivity index (χ1) is 13.7. The fourth-order valence-electron chi connectivity index (χ4n) is 6.42. The van der Waals surface area contributed by atoms with E-state index in [1.807, 2.05) is 0 Å². The van der Waals surface area contributed by atoms with Gasteiger partial charge in [0, 0.05) is 26.1 Å². The van der Waals surface area contributed by atoms with Gasteiger partial charge in [-0.15, -0.1) is 0 Å². The van der Waals surface area contributed by atoms with Gasteiger partial charge in [0.15, 0.2) is 0 Å². The lowest BCUT2D eigenvalue weighted by Crippen LogP contribution is -2.60. The predicted octanol–water partition coefficient (Wildman–Crippen LogP) is 2.70. The maximum atomic E-state index is 12.5. The van der Waals surface area contributed by atoms with Crippen molar-refractivity contribution in [3.05, 3.63) is 30.3 Å².